The highest BCUT2D eigenvalue weighted by Crippen LogP contribution is 2.15. The van der Waals surface area contributed by atoms with Crippen LogP contribution in [0.1, 0.15) is 29.3 Å². The molecule has 0 atom stereocenters. The number of carbonyl (C=O) groups excluding carboxylic acids is 1. The SMILES string of the molecule is CCc1ccccc1C(=O)N1CCCO1. The smallest absolute Gasteiger partial charge is 0.271 e. The van der Waals surface area contributed by atoms with Crippen LogP contribution in [-0.4, -0.2) is 24.1 Å². The van der Waals surface area contributed by atoms with Gasteiger partial charge in [0, 0.05) is 5.56 Å². The summed E-state index contributed by atoms with van der Waals surface area (Å²) in [4.78, 5) is 17.3. The van der Waals surface area contributed by atoms with Crippen LogP contribution >= 0.6 is 0 Å². The van der Waals surface area contributed by atoms with E-state index in [1.165, 1.54) is 5.06 Å². The number of hydrogen-bond acceptors (Lipinski definition) is 2. The molecule has 0 N–H and O–H groups in total. The van der Waals surface area contributed by atoms with Crippen molar-refractivity contribution < 1.29 is 9.63 Å². The van der Waals surface area contributed by atoms with Gasteiger partial charge in [0.2, 0.25) is 0 Å². The van der Waals surface area contributed by atoms with E-state index in [1.807, 2.05) is 24.3 Å². The van der Waals surface area contributed by atoms with E-state index in [4.69, 9.17) is 4.84 Å². The van der Waals surface area contributed by atoms with Crippen molar-refractivity contribution in [1.29, 1.82) is 0 Å². The van der Waals surface area contributed by atoms with Gasteiger partial charge in [-0.1, -0.05) is 25.1 Å². The van der Waals surface area contributed by atoms with E-state index in [1.54, 1.807) is 0 Å². The van der Waals surface area contributed by atoms with E-state index in [2.05, 4.69) is 6.92 Å². The van der Waals surface area contributed by atoms with Crippen LogP contribution in [0.2, 0.25) is 0 Å². The van der Waals surface area contributed by atoms with Gasteiger partial charge in [-0.05, 0) is 24.5 Å². The van der Waals surface area contributed by atoms with E-state index < -0.39 is 0 Å². The van der Waals surface area contributed by atoms with Crippen LogP contribution in [0.25, 0.3) is 0 Å². The second-order valence-corrected chi connectivity index (χ2v) is 3.60. The first kappa shape index (κ1) is 10.2. The largest absolute Gasteiger partial charge is 0.277 e. The summed E-state index contributed by atoms with van der Waals surface area (Å²) in [5.41, 5.74) is 1.85. The van der Waals surface area contributed by atoms with Crippen molar-refractivity contribution in [2.24, 2.45) is 0 Å². The van der Waals surface area contributed by atoms with E-state index in [0.717, 1.165) is 24.0 Å². The Morgan fingerprint density at radius 3 is 2.93 bits per heavy atom. The third-order valence-electron chi connectivity index (χ3n) is 2.61. The van der Waals surface area contributed by atoms with Gasteiger partial charge >= 0.3 is 0 Å². The van der Waals surface area contributed by atoms with Crippen molar-refractivity contribution in [3.05, 3.63) is 35.4 Å². The van der Waals surface area contributed by atoms with Crippen LogP contribution in [0, 0.1) is 0 Å². The highest BCUT2D eigenvalue weighted by Gasteiger charge is 2.22. The van der Waals surface area contributed by atoms with Crippen LogP contribution in [0.3, 0.4) is 0 Å². The molecule has 1 amide bonds. The highest BCUT2D eigenvalue weighted by molar-refractivity contribution is 5.95. The lowest BCUT2D eigenvalue weighted by Crippen LogP contribution is -2.27. The van der Waals surface area contributed by atoms with Gasteiger partial charge in [-0.2, -0.15) is 0 Å². The van der Waals surface area contributed by atoms with Crippen molar-refractivity contribution >= 4 is 5.91 Å². The molecule has 0 spiro atoms. The molecule has 15 heavy (non-hydrogen) atoms. The van der Waals surface area contributed by atoms with Crippen LogP contribution in [0.5, 0.6) is 0 Å². The summed E-state index contributed by atoms with van der Waals surface area (Å²) in [6, 6.07) is 7.70. The molecule has 0 aliphatic carbocycles. The van der Waals surface area contributed by atoms with Gasteiger partial charge < -0.3 is 0 Å². The third-order valence-corrected chi connectivity index (χ3v) is 2.61. The number of nitrogens with zero attached hydrogens (tertiary/aromatic N) is 1. The second kappa shape index (κ2) is 4.45. The lowest BCUT2D eigenvalue weighted by molar-refractivity contribution is -0.0769. The van der Waals surface area contributed by atoms with Crippen LogP contribution in [0.4, 0.5) is 0 Å². The molecule has 3 nitrogen and oxygen atoms in total. The Bertz CT molecular complexity index is 356. The molecule has 1 aliphatic rings. The van der Waals surface area contributed by atoms with Gasteiger partial charge in [0.05, 0.1) is 13.2 Å². The summed E-state index contributed by atoms with van der Waals surface area (Å²) < 4.78 is 0. The molecular weight excluding hydrogens is 190 g/mol. The highest BCUT2D eigenvalue weighted by atomic mass is 16.7. The molecule has 0 bridgehead atoms. The van der Waals surface area contributed by atoms with Crippen LogP contribution in [-0.2, 0) is 11.3 Å². The van der Waals surface area contributed by atoms with E-state index in [0.29, 0.717) is 13.2 Å². The predicted molar refractivity (Wildman–Crippen MR) is 57.4 cm³/mol. The molecule has 1 heterocycles. The molecule has 80 valence electrons. The Morgan fingerprint density at radius 2 is 2.27 bits per heavy atom. The average Bonchev–Trinajstić information content (AvgIpc) is 2.81. The standard InChI is InChI=1S/C12H15NO2/c1-2-10-6-3-4-7-11(10)12(14)13-8-5-9-15-13/h3-4,6-7H,2,5,8-9H2,1H3. The number of carbonyl (C=O) groups is 1. The summed E-state index contributed by atoms with van der Waals surface area (Å²) in [6.07, 6.45) is 1.80. The predicted octanol–water partition coefficient (Wildman–Crippen LogP) is 2.03. The molecule has 3 heteroatoms. The quantitative estimate of drug-likeness (QED) is 0.739. The Hall–Kier alpha value is -1.35. The Morgan fingerprint density at radius 1 is 1.47 bits per heavy atom. The molecule has 0 unspecified atom stereocenters. The molecule has 1 saturated heterocycles. The van der Waals surface area contributed by atoms with E-state index in [9.17, 15) is 4.79 Å². The van der Waals surface area contributed by atoms with Gasteiger partial charge in [-0.3, -0.25) is 9.63 Å². The number of hydrogen-bond donors (Lipinski definition) is 0. The summed E-state index contributed by atoms with van der Waals surface area (Å²) >= 11 is 0. The fraction of sp³-hybridized carbons (Fsp3) is 0.417. The van der Waals surface area contributed by atoms with Crippen molar-refractivity contribution in [1.82, 2.24) is 5.06 Å². The maximum absolute atomic E-state index is 12.0. The fourth-order valence-electron chi connectivity index (χ4n) is 1.78. The van der Waals surface area contributed by atoms with E-state index >= 15 is 0 Å². The number of aryl methyl sites for hydroxylation is 1. The van der Waals surface area contributed by atoms with Gasteiger partial charge in [0.25, 0.3) is 5.91 Å². The van der Waals surface area contributed by atoms with Gasteiger partial charge in [-0.25, -0.2) is 5.06 Å². The monoisotopic (exact) mass is 205 g/mol. The van der Waals surface area contributed by atoms with Crippen LogP contribution in [0.15, 0.2) is 24.3 Å². The molecule has 0 aromatic heterocycles. The van der Waals surface area contributed by atoms with Gasteiger partial charge in [0.1, 0.15) is 0 Å². The maximum Gasteiger partial charge on any atom is 0.277 e. The first-order valence-corrected chi connectivity index (χ1v) is 5.35. The first-order valence-electron chi connectivity index (χ1n) is 5.35. The topological polar surface area (TPSA) is 29.5 Å². The normalized spacial score (nSPS) is 15.7. The maximum atomic E-state index is 12.0. The summed E-state index contributed by atoms with van der Waals surface area (Å²) in [7, 11) is 0. The van der Waals surface area contributed by atoms with Crippen molar-refractivity contribution in [3.8, 4) is 0 Å². The Kier molecular flexibility index (Phi) is 3.02. The summed E-state index contributed by atoms with van der Waals surface area (Å²) in [5.74, 6) is -0.00931. The van der Waals surface area contributed by atoms with Crippen molar-refractivity contribution in [2.45, 2.75) is 19.8 Å². The summed E-state index contributed by atoms with van der Waals surface area (Å²) in [6.45, 7) is 3.41. The molecule has 1 fully saturated rings. The lowest BCUT2D eigenvalue weighted by atomic mass is 10.0. The zero-order chi connectivity index (χ0) is 10.7. The third kappa shape index (κ3) is 2.02. The molecule has 0 radical (unpaired) electrons. The number of rotatable bonds is 2. The van der Waals surface area contributed by atoms with E-state index in [-0.39, 0.29) is 5.91 Å². The lowest BCUT2D eigenvalue weighted by Gasteiger charge is -2.15. The number of hydroxylamine groups is 2. The molecular formula is C12H15NO2. The minimum atomic E-state index is -0.00931. The zero-order valence-electron chi connectivity index (χ0n) is 8.90. The minimum absolute atomic E-state index is 0.00931. The van der Waals surface area contributed by atoms with Crippen LogP contribution < -0.4 is 0 Å². The van der Waals surface area contributed by atoms with Gasteiger partial charge in [0.15, 0.2) is 0 Å². The molecule has 1 aromatic carbocycles. The molecule has 2 rings (SSSR count). The Balaban J connectivity index is 2.24. The summed E-state index contributed by atoms with van der Waals surface area (Å²) in [5, 5.41) is 1.47. The first-order chi connectivity index (χ1) is 7.33. The molecule has 1 aliphatic heterocycles. The minimum Gasteiger partial charge on any atom is -0.271 e. The van der Waals surface area contributed by atoms with Gasteiger partial charge in [-0.15, -0.1) is 0 Å². The number of benzene rings is 1. The molecule has 0 saturated carbocycles. The number of amides is 1. The Labute approximate surface area is 89.6 Å². The zero-order valence-corrected chi connectivity index (χ0v) is 8.90. The average molecular weight is 205 g/mol. The molecule has 1 aromatic rings. The van der Waals surface area contributed by atoms with Crippen molar-refractivity contribution in [2.75, 3.05) is 13.2 Å². The fourth-order valence-corrected chi connectivity index (χ4v) is 1.78. The van der Waals surface area contributed by atoms with Crippen molar-refractivity contribution in [3.63, 3.8) is 0 Å². The second-order valence-electron chi connectivity index (χ2n) is 3.60.